The van der Waals surface area contributed by atoms with Crippen molar-refractivity contribution in [2.45, 2.75) is 120 Å². The molecule has 0 saturated carbocycles. The van der Waals surface area contributed by atoms with Gasteiger partial charge in [-0.05, 0) is 78.5 Å². The minimum absolute atomic E-state index is 0.0260. The average molecular weight is 790 g/mol. The van der Waals surface area contributed by atoms with Crippen LogP contribution >= 0.6 is 0 Å². The summed E-state index contributed by atoms with van der Waals surface area (Å²) in [6, 6.07) is 14.6. The molecule has 14 nitrogen and oxygen atoms in total. The molecule has 312 valence electrons. The van der Waals surface area contributed by atoms with E-state index in [-0.39, 0.29) is 47.8 Å². The molecular formula is C43H63N7O7. The van der Waals surface area contributed by atoms with Gasteiger partial charge in [-0.1, -0.05) is 83.5 Å². The fourth-order valence-corrected chi connectivity index (χ4v) is 5.04. The number of urea groups is 1. The second-order valence-corrected chi connectivity index (χ2v) is 15.3. The molecule has 2 heterocycles. The fourth-order valence-electron chi connectivity index (χ4n) is 5.04. The highest BCUT2D eigenvalue weighted by atomic mass is 16.5. The van der Waals surface area contributed by atoms with Gasteiger partial charge in [-0.2, -0.15) is 5.10 Å². The van der Waals surface area contributed by atoms with Crippen LogP contribution in [0.1, 0.15) is 134 Å². The number of benzene rings is 2. The Balaban J connectivity index is 0.000000298. The third-order valence-corrected chi connectivity index (χ3v) is 7.66. The van der Waals surface area contributed by atoms with Crippen molar-refractivity contribution < 1.29 is 33.1 Å². The number of nitrogens with zero attached hydrogens (tertiary/aromatic N) is 4. The van der Waals surface area contributed by atoms with Gasteiger partial charge in [0.1, 0.15) is 11.5 Å². The molecule has 57 heavy (non-hydrogen) atoms. The van der Waals surface area contributed by atoms with Gasteiger partial charge in [-0.3, -0.25) is 19.7 Å². The maximum atomic E-state index is 12.0. The lowest BCUT2D eigenvalue weighted by Crippen LogP contribution is -2.42. The number of piperidine rings is 1. The number of likely N-dealkylation sites (tertiary alicyclic amines) is 1. The number of imide groups is 1. The summed E-state index contributed by atoms with van der Waals surface area (Å²) < 4.78 is 16.5. The zero-order chi connectivity index (χ0) is 42.7. The third kappa shape index (κ3) is 17.9. The number of hydrogen-bond acceptors (Lipinski definition) is 10. The maximum Gasteiger partial charge on any atom is 0.322 e. The second-order valence-electron chi connectivity index (χ2n) is 15.3. The first kappa shape index (κ1) is 47.6. The Morgan fingerprint density at radius 2 is 1.35 bits per heavy atom. The van der Waals surface area contributed by atoms with Gasteiger partial charge in [0.25, 0.3) is 5.91 Å². The van der Waals surface area contributed by atoms with Crippen molar-refractivity contribution in [1.29, 1.82) is 0 Å². The first-order valence-electron chi connectivity index (χ1n) is 19.7. The average Bonchev–Trinajstić information content (AvgIpc) is 3.64. The van der Waals surface area contributed by atoms with E-state index in [1.807, 2.05) is 98.4 Å². The van der Waals surface area contributed by atoms with Crippen LogP contribution in [0.4, 0.5) is 4.79 Å². The summed E-state index contributed by atoms with van der Waals surface area (Å²) in [4.78, 5) is 48.7. The van der Waals surface area contributed by atoms with E-state index < -0.39 is 11.9 Å². The van der Waals surface area contributed by atoms with E-state index in [1.165, 1.54) is 5.57 Å². The zero-order valence-corrected chi connectivity index (χ0v) is 35.7. The SMILES string of the molecule is CC(C)/C=N/NC(=O)c1ccccc1OC(C)C.CC(C)NC(=O)NC(=O)c1nnc(C(C)C)o1.CC(C)Oc1ccccc1C=C1CCN(C(=O)C(C)C)CC1. The molecule has 2 aromatic carbocycles. The molecule has 3 aromatic rings. The van der Waals surface area contributed by atoms with Gasteiger partial charge in [0, 0.05) is 42.7 Å². The van der Waals surface area contributed by atoms with Gasteiger partial charge < -0.3 is 24.1 Å². The van der Waals surface area contributed by atoms with Crippen LogP contribution in [0.15, 0.2) is 63.6 Å². The van der Waals surface area contributed by atoms with E-state index in [2.05, 4.69) is 43.5 Å². The highest BCUT2D eigenvalue weighted by Gasteiger charge is 2.22. The molecule has 0 atom stereocenters. The fraction of sp³-hybridized carbons (Fsp3) is 0.512. The van der Waals surface area contributed by atoms with Crippen molar-refractivity contribution in [3.63, 3.8) is 0 Å². The van der Waals surface area contributed by atoms with E-state index in [1.54, 1.807) is 38.3 Å². The summed E-state index contributed by atoms with van der Waals surface area (Å²) in [5, 5.41) is 15.8. The van der Waals surface area contributed by atoms with Crippen molar-refractivity contribution >= 4 is 36.0 Å². The molecule has 0 bridgehead atoms. The number of rotatable bonds is 12. The van der Waals surface area contributed by atoms with Crippen molar-refractivity contribution in [3.05, 3.63) is 77.0 Å². The second kappa shape index (κ2) is 24.2. The zero-order valence-electron chi connectivity index (χ0n) is 35.7. The number of hydrazone groups is 1. The molecule has 5 amide bonds. The molecule has 0 unspecified atom stereocenters. The minimum Gasteiger partial charge on any atom is -0.490 e. The number of carbonyl (C=O) groups excluding carboxylic acids is 4. The van der Waals surface area contributed by atoms with E-state index in [0.29, 0.717) is 23.1 Å². The Bertz CT molecular complexity index is 1790. The number of hydrogen-bond donors (Lipinski definition) is 3. The summed E-state index contributed by atoms with van der Waals surface area (Å²) in [5.41, 5.74) is 5.52. The molecule has 1 aliphatic rings. The molecule has 1 aliphatic heterocycles. The monoisotopic (exact) mass is 789 g/mol. The Hall–Kier alpha value is -5.53. The molecule has 1 saturated heterocycles. The molecule has 1 fully saturated rings. The van der Waals surface area contributed by atoms with Crippen LogP contribution in [0.2, 0.25) is 0 Å². The lowest BCUT2D eigenvalue weighted by Gasteiger charge is -2.30. The van der Waals surface area contributed by atoms with Gasteiger partial charge in [0.05, 0.1) is 17.8 Å². The Labute approximate surface area is 338 Å². The van der Waals surface area contributed by atoms with Crippen molar-refractivity contribution in [1.82, 2.24) is 31.2 Å². The van der Waals surface area contributed by atoms with Crippen LogP contribution in [-0.4, -0.2) is 76.4 Å². The molecule has 0 spiro atoms. The quantitative estimate of drug-likeness (QED) is 0.121. The Morgan fingerprint density at radius 1 is 0.772 bits per heavy atom. The minimum atomic E-state index is -0.706. The number of para-hydroxylation sites is 2. The van der Waals surface area contributed by atoms with Crippen molar-refractivity contribution in [2.24, 2.45) is 16.9 Å². The number of amides is 5. The molecule has 0 radical (unpaired) electrons. The maximum absolute atomic E-state index is 12.0. The number of nitrogens with one attached hydrogen (secondary N) is 3. The molecule has 4 rings (SSSR count). The van der Waals surface area contributed by atoms with Crippen molar-refractivity contribution in [3.8, 4) is 11.5 Å². The number of ether oxygens (including phenoxy) is 2. The Morgan fingerprint density at radius 3 is 1.89 bits per heavy atom. The van der Waals surface area contributed by atoms with E-state index >= 15 is 0 Å². The number of carbonyl (C=O) groups is 4. The molecule has 14 heteroatoms. The van der Waals surface area contributed by atoms with Crippen molar-refractivity contribution in [2.75, 3.05) is 13.1 Å². The van der Waals surface area contributed by atoms with Gasteiger partial charge in [0.2, 0.25) is 11.8 Å². The predicted octanol–water partition coefficient (Wildman–Crippen LogP) is 8.02. The van der Waals surface area contributed by atoms with Crippen LogP contribution < -0.4 is 25.5 Å². The van der Waals surface area contributed by atoms with Crippen LogP contribution in [0.25, 0.3) is 6.08 Å². The largest absolute Gasteiger partial charge is 0.490 e. The summed E-state index contributed by atoms with van der Waals surface area (Å²) in [6.45, 7) is 24.8. The lowest BCUT2D eigenvalue weighted by atomic mass is 9.99. The van der Waals surface area contributed by atoms with Gasteiger partial charge in [0.15, 0.2) is 0 Å². The van der Waals surface area contributed by atoms with E-state index in [4.69, 9.17) is 13.9 Å². The van der Waals surface area contributed by atoms with Gasteiger partial charge in [-0.25, -0.2) is 10.2 Å². The van der Waals surface area contributed by atoms with E-state index in [9.17, 15) is 19.2 Å². The Kier molecular flexibility index (Phi) is 20.2. The topological polar surface area (TPSA) is 177 Å². The summed E-state index contributed by atoms with van der Waals surface area (Å²) in [5.74, 6) is 1.38. The van der Waals surface area contributed by atoms with Crippen LogP contribution in [0, 0.1) is 11.8 Å². The summed E-state index contributed by atoms with van der Waals surface area (Å²) in [7, 11) is 0. The summed E-state index contributed by atoms with van der Waals surface area (Å²) in [6.07, 6.45) is 6.02. The molecular weight excluding hydrogens is 727 g/mol. The molecule has 3 N–H and O–H groups in total. The first-order chi connectivity index (χ1) is 26.9. The lowest BCUT2D eigenvalue weighted by molar-refractivity contribution is -0.134. The highest BCUT2D eigenvalue weighted by Crippen LogP contribution is 2.26. The smallest absolute Gasteiger partial charge is 0.322 e. The van der Waals surface area contributed by atoms with Crippen LogP contribution in [0.5, 0.6) is 11.5 Å². The van der Waals surface area contributed by atoms with Gasteiger partial charge in [-0.15, -0.1) is 10.2 Å². The molecule has 1 aromatic heterocycles. The first-order valence-corrected chi connectivity index (χ1v) is 19.7. The van der Waals surface area contributed by atoms with Crippen LogP contribution in [0.3, 0.4) is 0 Å². The summed E-state index contributed by atoms with van der Waals surface area (Å²) >= 11 is 0. The third-order valence-electron chi connectivity index (χ3n) is 7.66. The predicted molar refractivity (Wildman–Crippen MR) is 223 cm³/mol. The number of aromatic nitrogens is 2. The van der Waals surface area contributed by atoms with Gasteiger partial charge >= 0.3 is 17.8 Å². The molecule has 0 aliphatic carbocycles. The van der Waals surface area contributed by atoms with E-state index in [0.717, 1.165) is 37.2 Å². The highest BCUT2D eigenvalue weighted by molar-refractivity contribution is 6.01. The normalized spacial score (nSPS) is 12.7. The standard InChI is InChI=1S/C19H27NO2.C14H20N2O2.C10H16N4O3/c1-14(2)19(21)20-11-9-16(10-12-20)13-17-7-5-6-8-18(17)22-15(3)4;1-10(2)9-15-16-14(17)12-7-5-6-8-13(12)18-11(3)4;1-5(2)8-13-14-9(17-8)7(15)12-10(16)11-6(3)4/h5-8,13-15H,9-12H2,1-4H3;5-11H,1-4H3,(H,16,17);5-6H,1-4H3,(H2,11,12,15,16)/b;15-9+;. The van der Waals surface area contributed by atoms with Crippen LogP contribution in [-0.2, 0) is 4.79 Å².